The first-order valence-electron chi connectivity index (χ1n) is 5.15. The Labute approximate surface area is 81.0 Å². The van der Waals surface area contributed by atoms with Crippen LogP contribution in [0.4, 0.5) is 0 Å². The van der Waals surface area contributed by atoms with Gasteiger partial charge in [-0.15, -0.1) is 0 Å². The highest BCUT2D eigenvalue weighted by Gasteiger charge is 1.99. The molecular formula is C10H22O3. The van der Waals surface area contributed by atoms with Crippen molar-refractivity contribution in [2.24, 2.45) is 0 Å². The van der Waals surface area contributed by atoms with E-state index in [-0.39, 0.29) is 12.9 Å². The minimum Gasteiger partial charge on any atom is -0.394 e. The van der Waals surface area contributed by atoms with Gasteiger partial charge in [0, 0.05) is 6.61 Å². The summed E-state index contributed by atoms with van der Waals surface area (Å²) >= 11 is 0. The molecule has 0 aromatic carbocycles. The molecule has 0 saturated heterocycles. The summed E-state index contributed by atoms with van der Waals surface area (Å²) in [5.74, 6) is 0. The Hall–Kier alpha value is -0.120. The van der Waals surface area contributed by atoms with Crippen LogP contribution in [0, 0.1) is 0 Å². The van der Waals surface area contributed by atoms with Crippen LogP contribution in [0.3, 0.4) is 0 Å². The van der Waals surface area contributed by atoms with Gasteiger partial charge in [0.25, 0.3) is 0 Å². The number of unbranched alkanes of at least 4 members (excludes halogenated alkanes) is 3. The summed E-state index contributed by atoms with van der Waals surface area (Å²) in [5.41, 5.74) is 0. The average Bonchev–Trinajstić information content (AvgIpc) is 2.14. The van der Waals surface area contributed by atoms with Gasteiger partial charge in [0.1, 0.15) is 0 Å². The van der Waals surface area contributed by atoms with Gasteiger partial charge < -0.3 is 14.6 Å². The molecule has 0 saturated carbocycles. The molecule has 0 aliphatic rings. The van der Waals surface area contributed by atoms with E-state index in [1.807, 2.05) is 6.92 Å². The lowest BCUT2D eigenvalue weighted by atomic mass is 10.2. The van der Waals surface area contributed by atoms with Gasteiger partial charge in [-0.1, -0.05) is 26.2 Å². The molecule has 0 rings (SSSR count). The second kappa shape index (κ2) is 9.96. The van der Waals surface area contributed by atoms with E-state index in [0.717, 1.165) is 13.0 Å². The van der Waals surface area contributed by atoms with Gasteiger partial charge in [-0.3, -0.25) is 0 Å². The summed E-state index contributed by atoms with van der Waals surface area (Å²) in [6.07, 6.45) is 4.66. The van der Waals surface area contributed by atoms with Gasteiger partial charge in [0.15, 0.2) is 6.29 Å². The van der Waals surface area contributed by atoms with E-state index in [0.29, 0.717) is 6.61 Å². The predicted octanol–water partition coefficient (Wildman–Crippen LogP) is 1.94. The number of aliphatic hydroxyl groups is 1. The van der Waals surface area contributed by atoms with Crippen molar-refractivity contribution >= 4 is 0 Å². The molecule has 0 aliphatic heterocycles. The molecule has 80 valence electrons. The SMILES string of the molecule is CCCCCCOC(C)OCCO. The lowest BCUT2D eigenvalue weighted by Crippen LogP contribution is -2.15. The fraction of sp³-hybridized carbons (Fsp3) is 1.00. The molecule has 0 radical (unpaired) electrons. The highest BCUT2D eigenvalue weighted by Crippen LogP contribution is 2.01. The van der Waals surface area contributed by atoms with Crippen LogP contribution in [-0.4, -0.2) is 31.2 Å². The minimum atomic E-state index is -0.186. The van der Waals surface area contributed by atoms with Crippen molar-refractivity contribution in [2.45, 2.75) is 45.8 Å². The summed E-state index contributed by atoms with van der Waals surface area (Å²) in [7, 11) is 0. The average molecular weight is 190 g/mol. The lowest BCUT2D eigenvalue weighted by molar-refractivity contribution is -0.136. The zero-order valence-corrected chi connectivity index (χ0v) is 8.79. The number of aliphatic hydroxyl groups excluding tert-OH is 1. The Morgan fingerprint density at radius 3 is 2.38 bits per heavy atom. The zero-order chi connectivity index (χ0) is 9.94. The summed E-state index contributed by atoms with van der Waals surface area (Å²) in [5, 5.41) is 8.48. The molecule has 1 N–H and O–H groups in total. The maximum absolute atomic E-state index is 8.48. The van der Waals surface area contributed by atoms with Crippen LogP contribution in [0.1, 0.15) is 39.5 Å². The Bertz CT molecular complexity index is 96.2. The van der Waals surface area contributed by atoms with Crippen molar-refractivity contribution in [3.8, 4) is 0 Å². The van der Waals surface area contributed by atoms with Gasteiger partial charge in [0.2, 0.25) is 0 Å². The molecule has 0 aromatic rings. The van der Waals surface area contributed by atoms with Gasteiger partial charge in [-0.25, -0.2) is 0 Å². The molecule has 1 atom stereocenters. The molecule has 3 nitrogen and oxygen atoms in total. The van der Waals surface area contributed by atoms with E-state index < -0.39 is 0 Å². The molecule has 3 heteroatoms. The summed E-state index contributed by atoms with van der Waals surface area (Å²) < 4.78 is 10.5. The van der Waals surface area contributed by atoms with Crippen molar-refractivity contribution in [1.29, 1.82) is 0 Å². The van der Waals surface area contributed by atoms with E-state index in [1.54, 1.807) is 0 Å². The fourth-order valence-electron chi connectivity index (χ4n) is 1.04. The number of hydrogen-bond acceptors (Lipinski definition) is 3. The van der Waals surface area contributed by atoms with Crippen LogP contribution < -0.4 is 0 Å². The van der Waals surface area contributed by atoms with Crippen molar-refractivity contribution in [1.82, 2.24) is 0 Å². The number of hydrogen-bond donors (Lipinski definition) is 1. The maximum atomic E-state index is 8.48. The topological polar surface area (TPSA) is 38.7 Å². The summed E-state index contributed by atoms with van der Waals surface area (Å²) in [6, 6.07) is 0. The van der Waals surface area contributed by atoms with E-state index >= 15 is 0 Å². The molecule has 1 unspecified atom stereocenters. The Morgan fingerprint density at radius 2 is 1.77 bits per heavy atom. The highest BCUT2D eigenvalue weighted by atomic mass is 16.7. The first-order valence-corrected chi connectivity index (χ1v) is 5.15. The number of ether oxygens (including phenoxy) is 2. The third-order valence-corrected chi connectivity index (χ3v) is 1.79. The van der Waals surface area contributed by atoms with E-state index in [4.69, 9.17) is 14.6 Å². The monoisotopic (exact) mass is 190 g/mol. The third-order valence-electron chi connectivity index (χ3n) is 1.79. The van der Waals surface area contributed by atoms with Gasteiger partial charge in [0.05, 0.1) is 13.2 Å². The molecular weight excluding hydrogens is 168 g/mol. The largest absolute Gasteiger partial charge is 0.394 e. The van der Waals surface area contributed by atoms with Crippen LogP contribution in [-0.2, 0) is 9.47 Å². The van der Waals surface area contributed by atoms with Crippen molar-refractivity contribution < 1.29 is 14.6 Å². The predicted molar refractivity (Wildman–Crippen MR) is 52.6 cm³/mol. The van der Waals surface area contributed by atoms with Crippen molar-refractivity contribution in [3.05, 3.63) is 0 Å². The van der Waals surface area contributed by atoms with Crippen LogP contribution in [0.2, 0.25) is 0 Å². The Morgan fingerprint density at radius 1 is 1.08 bits per heavy atom. The molecule has 0 bridgehead atoms. The second-order valence-corrected chi connectivity index (χ2v) is 3.09. The van der Waals surface area contributed by atoms with Crippen molar-refractivity contribution in [2.75, 3.05) is 19.8 Å². The smallest absolute Gasteiger partial charge is 0.154 e. The highest BCUT2D eigenvalue weighted by molar-refractivity contribution is 4.40. The van der Waals surface area contributed by atoms with Gasteiger partial charge in [-0.2, -0.15) is 0 Å². The van der Waals surface area contributed by atoms with Crippen LogP contribution in [0.25, 0.3) is 0 Å². The molecule has 0 amide bonds. The number of rotatable bonds is 9. The van der Waals surface area contributed by atoms with Crippen molar-refractivity contribution in [3.63, 3.8) is 0 Å². The quantitative estimate of drug-likeness (QED) is 0.446. The van der Waals surface area contributed by atoms with Crippen LogP contribution >= 0.6 is 0 Å². The molecule has 0 heterocycles. The van der Waals surface area contributed by atoms with Gasteiger partial charge in [-0.05, 0) is 13.3 Å². The molecule has 0 aromatic heterocycles. The first-order chi connectivity index (χ1) is 6.31. The molecule has 0 aliphatic carbocycles. The maximum Gasteiger partial charge on any atom is 0.154 e. The lowest BCUT2D eigenvalue weighted by Gasteiger charge is -2.12. The van der Waals surface area contributed by atoms with E-state index in [9.17, 15) is 0 Å². The minimum absolute atomic E-state index is 0.0591. The van der Waals surface area contributed by atoms with Crippen LogP contribution in [0.15, 0.2) is 0 Å². The first kappa shape index (κ1) is 12.9. The fourth-order valence-corrected chi connectivity index (χ4v) is 1.04. The van der Waals surface area contributed by atoms with Crippen LogP contribution in [0.5, 0.6) is 0 Å². The van der Waals surface area contributed by atoms with E-state index in [2.05, 4.69) is 6.92 Å². The van der Waals surface area contributed by atoms with Gasteiger partial charge >= 0.3 is 0 Å². The zero-order valence-electron chi connectivity index (χ0n) is 8.79. The third kappa shape index (κ3) is 9.80. The molecule has 0 fully saturated rings. The summed E-state index contributed by atoms with van der Waals surface area (Å²) in [4.78, 5) is 0. The second-order valence-electron chi connectivity index (χ2n) is 3.09. The molecule has 0 spiro atoms. The van der Waals surface area contributed by atoms with E-state index in [1.165, 1.54) is 19.3 Å². The Balaban J connectivity index is 3.03. The normalized spacial score (nSPS) is 13.2. The standard InChI is InChI=1S/C10H22O3/c1-3-4-5-6-8-12-10(2)13-9-7-11/h10-11H,3-9H2,1-2H3. The molecule has 13 heavy (non-hydrogen) atoms. The Kier molecular flexibility index (Phi) is 9.87. The summed E-state index contributed by atoms with van der Waals surface area (Å²) in [6.45, 7) is 5.22.